The van der Waals surface area contributed by atoms with Crippen LogP contribution in [-0.2, 0) is 19.0 Å². The molecular formula is C15H22N10O. The number of hydrogen-bond acceptors (Lipinski definition) is 9. The lowest BCUT2D eigenvalue weighted by Gasteiger charge is -2.21. The van der Waals surface area contributed by atoms with Crippen LogP contribution in [0.4, 0.5) is 5.82 Å². The van der Waals surface area contributed by atoms with Gasteiger partial charge in [0.25, 0.3) is 0 Å². The van der Waals surface area contributed by atoms with E-state index in [1.54, 1.807) is 16.4 Å². The standard InChI is InChI=1S/C15H22N10O/c1-15(2,3)14-16-12(24-6-5-9(26)7-24)11-13(17-14)25(21-19-11)8-10-18-20-22-23(10)4/h9,26H,5-8H2,1-4H3/t9-/m1/s1. The molecule has 1 atom stereocenters. The lowest BCUT2D eigenvalue weighted by atomic mass is 9.96. The molecule has 1 aliphatic rings. The molecule has 1 saturated heterocycles. The molecule has 0 amide bonds. The number of nitrogens with zero attached hydrogens (tertiary/aromatic N) is 10. The Hall–Kier alpha value is -2.69. The van der Waals surface area contributed by atoms with Crippen LogP contribution in [-0.4, -0.2) is 69.5 Å². The number of aromatic nitrogens is 9. The molecule has 4 heterocycles. The van der Waals surface area contributed by atoms with Gasteiger partial charge in [0.05, 0.1) is 6.10 Å². The van der Waals surface area contributed by atoms with Crippen LogP contribution in [0.5, 0.6) is 0 Å². The molecule has 1 N–H and O–H groups in total. The minimum Gasteiger partial charge on any atom is -0.391 e. The summed E-state index contributed by atoms with van der Waals surface area (Å²) in [6.45, 7) is 7.84. The zero-order valence-corrected chi connectivity index (χ0v) is 15.3. The van der Waals surface area contributed by atoms with Gasteiger partial charge in [0, 0.05) is 25.6 Å². The zero-order chi connectivity index (χ0) is 18.5. The van der Waals surface area contributed by atoms with Gasteiger partial charge in [-0.05, 0) is 16.8 Å². The van der Waals surface area contributed by atoms with E-state index in [-0.39, 0.29) is 11.5 Å². The monoisotopic (exact) mass is 358 g/mol. The van der Waals surface area contributed by atoms with Gasteiger partial charge < -0.3 is 10.0 Å². The minimum absolute atomic E-state index is 0.233. The van der Waals surface area contributed by atoms with Crippen molar-refractivity contribution in [3.8, 4) is 0 Å². The number of fused-ring (bicyclic) bond motifs is 1. The van der Waals surface area contributed by atoms with Gasteiger partial charge in [0.15, 0.2) is 22.8 Å². The number of aryl methyl sites for hydroxylation is 1. The van der Waals surface area contributed by atoms with E-state index < -0.39 is 0 Å². The summed E-state index contributed by atoms with van der Waals surface area (Å²) in [6, 6.07) is 0. The smallest absolute Gasteiger partial charge is 0.184 e. The third kappa shape index (κ3) is 2.87. The van der Waals surface area contributed by atoms with E-state index in [0.29, 0.717) is 35.9 Å². The van der Waals surface area contributed by atoms with Crippen LogP contribution in [0.25, 0.3) is 11.2 Å². The first-order valence-corrected chi connectivity index (χ1v) is 8.59. The Balaban J connectivity index is 1.84. The van der Waals surface area contributed by atoms with E-state index in [4.69, 9.17) is 9.97 Å². The molecular weight excluding hydrogens is 336 g/mol. The molecule has 0 aromatic carbocycles. The van der Waals surface area contributed by atoms with Crippen molar-refractivity contribution in [3.63, 3.8) is 0 Å². The fourth-order valence-corrected chi connectivity index (χ4v) is 2.95. The first kappa shape index (κ1) is 16.8. The maximum atomic E-state index is 9.92. The summed E-state index contributed by atoms with van der Waals surface area (Å²) in [4.78, 5) is 11.5. The second kappa shape index (κ2) is 5.94. The molecule has 0 unspecified atom stereocenters. The molecule has 11 nitrogen and oxygen atoms in total. The Kier molecular flexibility index (Phi) is 3.83. The highest BCUT2D eigenvalue weighted by atomic mass is 16.3. The molecule has 3 aromatic heterocycles. The Morgan fingerprint density at radius 1 is 1.15 bits per heavy atom. The van der Waals surface area contributed by atoms with Crippen molar-refractivity contribution < 1.29 is 5.11 Å². The van der Waals surface area contributed by atoms with Crippen molar-refractivity contribution in [3.05, 3.63) is 11.6 Å². The maximum Gasteiger partial charge on any atom is 0.184 e. The number of rotatable bonds is 3. The summed E-state index contributed by atoms with van der Waals surface area (Å²) < 4.78 is 3.28. The Morgan fingerprint density at radius 3 is 2.58 bits per heavy atom. The molecule has 0 bridgehead atoms. The van der Waals surface area contributed by atoms with Gasteiger partial charge in [-0.1, -0.05) is 26.0 Å². The number of aliphatic hydroxyl groups excluding tert-OH is 1. The third-order valence-electron chi connectivity index (χ3n) is 4.48. The highest BCUT2D eigenvalue weighted by Gasteiger charge is 2.29. The minimum atomic E-state index is -0.349. The van der Waals surface area contributed by atoms with E-state index in [0.717, 1.165) is 18.8 Å². The first-order valence-electron chi connectivity index (χ1n) is 8.59. The lowest BCUT2D eigenvalue weighted by molar-refractivity contribution is 0.198. The molecule has 1 aliphatic heterocycles. The van der Waals surface area contributed by atoms with Crippen LogP contribution in [0.1, 0.15) is 38.8 Å². The lowest BCUT2D eigenvalue weighted by Crippen LogP contribution is -2.25. The van der Waals surface area contributed by atoms with Crippen molar-refractivity contribution in [2.24, 2.45) is 7.05 Å². The van der Waals surface area contributed by atoms with Crippen molar-refractivity contribution >= 4 is 17.0 Å². The number of tetrazole rings is 1. The summed E-state index contributed by atoms with van der Waals surface area (Å²) in [6.07, 6.45) is 0.368. The molecule has 0 aliphatic carbocycles. The van der Waals surface area contributed by atoms with Gasteiger partial charge in [-0.15, -0.1) is 10.2 Å². The molecule has 3 aromatic rings. The predicted octanol–water partition coefficient (Wildman–Crippen LogP) is -0.338. The quantitative estimate of drug-likeness (QED) is 0.669. The zero-order valence-electron chi connectivity index (χ0n) is 15.3. The molecule has 4 rings (SSSR count). The van der Waals surface area contributed by atoms with Crippen molar-refractivity contribution in [2.75, 3.05) is 18.0 Å². The van der Waals surface area contributed by atoms with Gasteiger partial charge in [-0.25, -0.2) is 19.3 Å². The fraction of sp³-hybridized carbons (Fsp3) is 0.667. The highest BCUT2D eigenvalue weighted by molar-refractivity contribution is 5.83. The molecule has 11 heteroatoms. The van der Waals surface area contributed by atoms with Crippen molar-refractivity contribution in [1.82, 2.24) is 45.2 Å². The SMILES string of the molecule is Cn1nnnc1Cn1nnc2c(N3CC[C@@H](O)C3)nc(C(C)(C)C)nc21. The first-order chi connectivity index (χ1) is 12.3. The second-order valence-electron chi connectivity index (χ2n) is 7.65. The Morgan fingerprint density at radius 2 is 1.96 bits per heavy atom. The summed E-state index contributed by atoms with van der Waals surface area (Å²) in [5, 5.41) is 30.0. The average Bonchev–Trinajstić information content (AvgIpc) is 3.28. The Bertz CT molecular complexity index is 940. The highest BCUT2D eigenvalue weighted by Crippen LogP contribution is 2.29. The maximum absolute atomic E-state index is 9.92. The van der Waals surface area contributed by atoms with Crippen LogP contribution in [0.15, 0.2) is 0 Å². The molecule has 138 valence electrons. The van der Waals surface area contributed by atoms with Gasteiger partial charge in [0.2, 0.25) is 0 Å². The molecule has 26 heavy (non-hydrogen) atoms. The van der Waals surface area contributed by atoms with Gasteiger partial charge in [0.1, 0.15) is 12.4 Å². The van der Waals surface area contributed by atoms with Gasteiger partial charge in [-0.3, -0.25) is 0 Å². The van der Waals surface area contributed by atoms with Crippen LogP contribution < -0.4 is 4.90 Å². The number of aliphatic hydroxyl groups is 1. The van der Waals surface area contributed by atoms with E-state index in [2.05, 4.69) is 46.6 Å². The average molecular weight is 358 g/mol. The summed E-state index contributed by atoms with van der Waals surface area (Å²) in [5.74, 6) is 2.09. The topological polar surface area (TPSA) is 124 Å². The van der Waals surface area contributed by atoms with Gasteiger partial charge >= 0.3 is 0 Å². The number of anilines is 1. The van der Waals surface area contributed by atoms with Crippen molar-refractivity contribution in [2.45, 2.75) is 45.3 Å². The van der Waals surface area contributed by atoms with Crippen LogP contribution in [0.3, 0.4) is 0 Å². The number of hydrogen-bond donors (Lipinski definition) is 1. The largest absolute Gasteiger partial charge is 0.391 e. The predicted molar refractivity (Wildman–Crippen MR) is 92.6 cm³/mol. The van der Waals surface area contributed by atoms with Crippen LogP contribution >= 0.6 is 0 Å². The van der Waals surface area contributed by atoms with Crippen LogP contribution in [0, 0.1) is 0 Å². The van der Waals surface area contributed by atoms with E-state index in [1.807, 2.05) is 4.90 Å². The normalized spacial score (nSPS) is 18.2. The third-order valence-corrected chi connectivity index (χ3v) is 4.48. The van der Waals surface area contributed by atoms with Crippen LogP contribution in [0.2, 0.25) is 0 Å². The van der Waals surface area contributed by atoms with E-state index in [9.17, 15) is 5.11 Å². The fourth-order valence-electron chi connectivity index (χ4n) is 2.95. The molecule has 0 radical (unpaired) electrons. The summed E-state index contributed by atoms with van der Waals surface area (Å²) in [7, 11) is 1.78. The van der Waals surface area contributed by atoms with E-state index in [1.165, 1.54) is 0 Å². The second-order valence-corrected chi connectivity index (χ2v) is 7.65. The molecule has 0 spiro atoms. The van der Waals surface area contributed by atoms with Gasteiger partial charge in [-0.2, -0.15) is 0 Å². The van der Waals surface area contributed by atoms with Crippen molar-refractivity contribution in [1.29, 1.82) is 0 Å². The molecule has 0 saturated carbocycles. The molecule has 1 fully saturated rings. The van der Waals surface area contributed by atoms with E-state index >= 15 is 0 Å². The summed E-state index contributed by atoms with van der Waals surface area (Å²) >= 11 is 0. The summed E-state index contributed by atoms with van der Waals surface area (Å²) in [5.41, 5.74) is 1.04. The Labute approximate surface area is 150 Å². The number of β-amino-alcohol motifs (C(OH)–C–C–N with tert-alkyl or cyclic N) is 1.